The maximum Gasteiger partial charge on any atom is 0.00981 e. The largest absolute Gasteiger partial charge is 0.330 e. The molecule has 0 radical (unpaired) electrons. The first-order chi connectivity index (χ1) is 10.1. The molecule has 0 bridgehead atoms. The molecule has 0 amide bonds. The number of nitrogens with two attached hydrogens (primary N) is 1. The monoisotopic (exact) mass is 294 g/mol. The Bertz CT molecular complexity index is 257. The number of hydrogen-bond donors (Lipinski definition) is 1. The van der Waals surface area contributed by atoms with E-state index < -0.39 is 0 Å². The lowest BCUT2D eigenvalue weighted by molar-refractivity contribution is 0.0757. The highest BCUT2D eigenvalue weighted by Gasteiger charge is 2.28. The molecule has 2 aliphatic carbocycles. The quantitative estimate of drug-likeness (QED) is 0.736. The summed E-state index contributed by atoms with van der Waals surface area (Å²) in [5.74, 6) is 0. The molecule has 2 fully saturated rings. The van der Waals surface area contributed by atoms with Gasteiger partial charge in [-0.3, -0.25) is 4.90 Å². The molecular weight excluding hydrogens is 256 g/mol. The molecule has 2 saturated carbocycles. The van der Waals surface area contributed by atoms with E-state index in [1.54, 1.807) is 0 Å². The maximum absolute atomic E-state index is 5.90. The van der Waals surface area contributed by atoms with Gasteiger partial charge in [0, 0.05) is 12.1 Å². The summed E-state index contributed by atoms with van der Waals surface area (Å²) in [6.07, 6.45) is 17.2. The van der Waals surface area contributed by atoms with Crippen LogP contribution in [0.1, 0.15) is 90.9 Å². The zero-order valence-electron chi connectivity index (χ0n) is 14.6. The van der Waals surface area contributed by atoms with Gasteiger partial charge in [0.05, 0.1) is 0 Å². The molecule has 2 heteroatoms. The molecule has 0 atom stereocenters. The van der Waals surface area contributed by atoms with E-state index in [0.29, 0.717) is 5.41 Å². The summed E-state index contributed by atoms with van der Waals surface area (Å²) < 4.78 is 0. The summed E-state index contributed by atoms with van der Waals surface area (Å²) in [4.78, 5) is 2.94. The van der Waals surface area contributed by atoms with E-state index in [2.05, 4.69) is 18.7 Å². The molecule has 0 saturated heterocycles. The van der Waals surface area contributed by atoms with Gasteiger partial charge in [-0.15, -0.1) is 0 Å². The van der Waals surface area contributed by atoms with E-state index in [9.17, 15) is 0 Å². The Morgan fingerprint density at radius 2 is 1.33 bits per heavy atom. The van der Waals surface area contributed by atoms with Gasteiger partial charge in [0.1, 0.15) is 0 Å². The SMILES string of the molecule is CC(C)(CN)CCCN(C1CCCCC1)C1CCCCC1. The highest BCUT2D eigenvalue weighted by molar-refractivity contribution is 4.84. The Morgan fingerprint density at radius 1 is 0.857 bits per heavy atom. The van der Waals surface area contributed by atoms with Gasteiger partial charge in [0.2, 0.25) is 0 Å². The van der Waals surface area contributed by atoms with Crippen LogP contribution < -0.4 is 5.73 Å². The molecule has 21 heavy (non-hydrogen) atoms. The van der Waals surface area contributed by atoms with Crippen LogP contribution in [0.2, 0.25) is 0 Å². The van der Waals surface area contributed by atoms with Gasteiger partial charge in [-0.2, -0.15) is 0 Å². The van der Waals surface area contributed by atoms with Crippen molar-refractivity contribution in [2.75, 3.05) is 13.1 Å². The van der Waals surface area contributed by atoms with E-state index in [1.807, 2.05) is 0 Å². The molecule has 0 aromatic rings. The summed E-state index contributed by atoms with van der Waals surface area (Å²) in [5, 5.41) is 0. The second-order valence-electron chi connectivity index (χ2n) is 8.29. The van der Waals surface area contributed by atoms with Crippen LogP contribution in [0.15, 0.2) is 0 Å². The van der Waals surface area contributed by atoms with Gasteiger partial charge < -0.3 is 5.73 Å². The number of rotatable bonds is 7. The zero-order chi connectivity index (χ0) is 15.1. The summed E-state index contributed by atoms with van der Waals surface area (Å²) in [6.45, 7) is 6.77. The van der Waals surface area contributed by atoms with Crippen molar-refractivity contribution in [3.05, 3.63) is 0 Å². The van der Waals surface area contributed by atoms with Crippen molar-refractivity contribution in [1.82, 2.24) is 4.90 Å². The smallest absolute Gasteiger partial charge is 0.00981 e. The second-order valence-corrected chi connectivity index (χ2v) is 8.29. The molecule has 0 spiro atoms. The molecule has 124 valence electrons. The second kappa shape index (κ2) is 8.53. The zero-order valence-corrected chi connectivity index (χ0v) is 14.6. The lowest BCUT2D eigenvalue weighted by atomic mass is 9.86. The Morgan fingerprint density at radius 3 is 1.76 bits per heavy atom. The molecule has 0 heterocycles. The summed E-state index contributed by atoms with van der Waals surface area (Å²) in [7, 11) is 0. The predicted octanol–water partition coefficient (Wildman–Crippen LogP) is 4.72. The minimum absolute atomic E-state index is 0.324. The van der Waals surface area contributed by atoms with E-state index >= 15 is 0 Å². The van der Waals surface area contributed by atoms with Crippen LogP contribution in [0.4, 0.5) is 0 Å². The van der Waals surface area contributed by atoms with E-state index in [1.165, 1.54) is 83.6 Å². The van der Waals surface area contributed by atoms with E-state index in [-0.39, 0.29) is 0 Å². The van der Waals surface area contributed by atoms with Crippen molar-refractivity contribution in [2.24, 2.45) is 11.1 Å². The van der Waals surface area contributed by atoms with Crippen LogP contribution >= 0.6 is 0 Å². The molecular formula is C19H38N2. The topological polar surface area (TPSA) is 29.3 Å². The molecule has 0 aromatic heterocycles. The number of nitrogens with zero attached hydrogens (tertiary/aromatic N) is 1. The van der Waals surface area contributed by atoms with E-state index in [4.69, 9.17) is 5.73 Å². The molecule has 2 N–H and O–H groups in total. The maximum atomic E-state index is 5.90. The highest BCUT2D eigenvalue weighted by atomic mass is 15.2. The van der Waals surface area contributed by atoms with Crippen LogP contribution in [-0.4, -0.2) is 30.1 Å². The fourth-order valence-corrected chi connectivity index (χ4v) is 4.33. The first-order valence-corrected chi connectivity index (χ1v) is 9.58. The first kappa shape index (κ1) is 17.3. The highest BCUT2D eigenvalue weighted by Crippen LogP contribution is 2.31. The lowest BCUT2D eigenvalue weighted by Crippen LogP contribution is -2.45. The summed E-state index contributed by atoms with van der Waals surface area (Å²) in [5.41, 5.74) is 6.22. The van der Waals surface area contributed by atoms with Crippen molar-refractivity contribution >= 4 is 0 Å². The van der Waals surface area contributed by atoms with Crippen LogP contribution in [-0.2, 0) is 0 Å². The predicted molar refractivity (Wildman–Crippen MR) is 92.5 cm³/mol. The fraction of sp³-hybridized carbons (Fsp3) is 1.00. The van der Waals surface area contributed by atoms with Gasteiger partial charge >= 0.3 is 0 Å². The van der Waals surface area contributed by atoms with Crippen LogP contribution in [0.5, 0.6) is 0 Å². The average molecular weight is 295 g/mol. The Balaban J connectivity index is 1.87. The van der Waals surface area contributed by atoms with Crippen LogP contribution in [0.3, 0.4) is 0 Å². The molecule has 2 nitrogen and oxygen atoms in total. The van der Waals surface area contributed by atoms with Crippen molar-refractivity contribution in [2.45, 2.75) is 103 Å². The lowest BCUT2D eigenvalue weighted by Gasteiger charge is -2.42. The molecule has 2 rings (SSSR count). The van der Waals surface area contributed by atoms with Gasteiger partial charge in [0.25, 0.3) is 0 Å². The van der Waals surface area contributed by atoms with Crippen molar-refractivity contribution in [3.63, 3.8) is 0 Å². The third kappa shape index (κ3) is 5.56. The Kier molecular flexibility index (Phi) is 7.01. The van der Waals surface area contributed by atoms with Gasteiger partial charge in [0.15, 0.2) is 0 Å². The minimum Gasteiger partial charge on any atom is -0.330 e. The third-order valence-electron chi connectivity index (χ3n) is 5.91. The van der Waals surface area contributed by atoms with Crippen LogP contribution in [0, 0.1) is 5.41 Å². The average Bonchev–Trinajstić information content (AvgIpc) is 2.53. The van der Waals surface area contributed by atoms with Crippen molar-refractivity contribution in [1.29, 1.82) is 0 Å². The molecule has 0 aromatic carbocycles. The molecule has 2 aliphatic rings. The summed E-state index contributed by atoms with van der Waals surface area (Å²) in [6, 6.07) is 1.78. The normalized spacial score (nSPS) is 22.9. The van der Waals surface area contributed by atoms with Gasteiger partial charge in [-0.25, -0.2) is 0 Å². The Hall–Kier alpha value is -0.0800. The van der Waals surface area contributed by atoms with Crippen molar-refractivity contribution in [3.8, 4) is 0 Å². The standard InChI is InChI=1S/C19H38N2/c1-19(2,16-20)14-9-15-21(17-10-5-3-6-11-17)18-12-7-4-8-13-18/h17-18H,3-16,20H2,1-2H3. The van der Waals surface area contributed by atoms with Gasteiger partial charge in [-0.05, 0) is 57.0 Å². The number of hydrogen-bond acceptors (Lipinski definition) is 2. The van der Waals surface area contributed by atoms with Crippen LogP contribution in [0.25, 0.3) is 0 Å². The first-order valence-electron chi connectivity index (χ1n) is 9.58. The van der Waals surface area contributed by atoms with E-state index in [0.717, 1.165) is 18.6 Å². The summed E-state index contributed by atoms with van der Waals surface area (Å²) >= 11 is 0. The fourth-order valence-electron chi connectivity index (χ4n) is 4.33. The Labute approximate surface area is 132 Å². The minimum atomic E-state index is 0.324. The van der Waals surface area contributed by atoms with Gasteiger partial charge in [-0.1, -0.05) is 52.4 Å². The third-order valence-corrected chi connectivity index (χ3v) is 5.91. The molecule has 0 aliphatic heterocycles. The van der Waals surface area contributed by atoms with Crippen molar-refractivity contribution < 1.29 is 0 Å². The molecule has 0 unspecified atom stereocenters.